The molecule has 7 nitrogen and oxygen atoms in total. The van der Waals surface area contributed by atoms with Gasteiger partial charge in [-0.05, 0) is 25.0 Å². The number of fused-ring (bicyclic) bond motifs is 1. The molecule has 2 aliphatic rings. The van der Waals surface area contributed by atoms with Crippen LogP contribution in [-0.2, 0) is 14.3 Å². The lowest BCUT2D eigenvalue weighted by Gasteiger charge is -2.37. The Morgan fingerprint density at radius 3 is 2.96 bits per heavy atom. The summed E-state index contributed by atoms with van der Waals surface area (Å²) >= 11 is 0. The van der Waals surface area contributed by atoms with E-state index in [1.807, 2.05) is 12.1 Å². The standard InChI is InChI=1S/C21H26N2O5/c1-2-27-13-5-11-22-19(25)15-23-12-10-21(9-8-20(23)26)14-17(24)16-6-3-4-7-18(16)28-21/h2-4,6-7H,1,5,8-15H2,(H,22,25). The number of ketones is 1. The third kappa shape index (κ3) is 4.71. The number of benzene rings is 1. The molecular formula is C21H26N2O5. The van der Waals surface area contributed by atoms with Crippen LogP contribution in [0.25, 0.3) is 0 Å². The van der Waals surface area contributed by atoms with Crippen LogP contribution in [0, 0.1) is 0 Å². The van der Waals surface area contributed by atoms with Gasteiger partial charge in [0, 0.05) is 25.9 Å². The molecule has 1 aromatic rings. The number of carbonyl (C=O) groups is 3. The molecule has 7 heteroatoms. The first-order chi connectivity index (χ1) is 13.5. The number of likely N-dealkylation sites (tertiary alicyclic amines) is 1. The van der Waals surface area contributed by atoms with Gasteiger partial charge in [0.25, 0.3) is 0 Å². The van der Waals surface area contributed by atoms with Crippen LogP contribution in [0.5, 0.6) is 5.75 Å². The highest BCUT2D eigenvalue weighted by Gasteiger charge is 2.43. The van der Waals surface area contributed by atoms with E-state index in [2.05, 4.69) is 11.9 Å². The summed E-state index contributed by atoms with van der Waals surface area (Å²) in [7, 11) is 0. The van der Waals surface area contributed by atoms with Gasteiger partial charge in [0.1, 0.15) is 11.4 Å². The van der Waals surface area contributed by atoms with Crippen molar-refractivity contribution < 1.29 is 23.9 Å². The SMILES string of the molecule is C=COCCCNC(=O)CN1CCC2(CCC1=O)CC(=O)c1ccccc1O2. The quantitative estimate of drug-likeness (QED) is 0.573. The smallest absolute Gasteiger partial charge is 0.239 e. The Kier molecular flexibility index (Phi) is 6.34. The minimum atomic E-state index is -0.672. The molecule has 0 bridgehead atoms. The molecule has 3 rings (SSSR count). The number of nitrogens with one attached hydrogen (secondary N) is 1. The van der Waals surface area contributed by atoms with Crippen molar-refractivity contribution in [2.75, 3.05) is 26.2 Å². The van der Waals surface area contributed by atoms with Crippen molar-refractivity contribution in [2.45, 2.75) is 37.7 Å². The minimum Gasteiger partial charge on any atom is -0.502 e. The predicted octanol–water partition coefficient (Wildman–Crippen LogP) is 2.07. The molecule has 1 spiro atoms. The largest absolute Gasteiger partial charge is 0.502 e. The summed E-state index contributed by atoms with van der Waals surface area (Å²) < 4.78 is 11.2. The summed E-state index contributed by atoms with van der Waals surface area (Å²) in [4.78, 5) is 38.7. The van der Waals surface area contributed by atoms with Gasteiger partial charge >= 0.3 is 0 Å². The Bertz CT molecular complexity index is 763. The Labute approximate surface area is 164 Å². The minimum absolute atomic E-state index is 0.0156. The van der Waals surface area contributed by atoms with E-state index in [0.717, 1.165) is 0 Å². The van der Waals surface area contributed by atoms with Crippen LogP contribution in [-0.4, -0.2) is 54.3 Å². The number of amides is 2. The van der Waals surface area contributed by atoms with Crippen LogP contribution < -0.4 is 10.1 Å². The van der Waals surface area contributed by atoms with E-state index in [9.17, 15) is 14.4 Å². The molecule has 1 saturated heterocycles. The highest BCUT2D eigenvalue weighted by atomic mass is 16.5. The molecule has 1 atom stereocenters. The van der Waals surface area contributed by atoms with Gasteiger partial charge < -0.3 is 19.7 Å². The number of hydrogen-bond acceptors (Lipinski definition) is 5. The van der Waals surface area contributed by atoms with Crippen LogP contribution in [0.4, 0.5) is 0 Å². The highest BCUT2D eigenvalue weighted by molar-refractivity contribution is 6.00. The summed E-state index contributed by atoms with van der Waals surface area (Å²) in [5, 5.41) is 2.79. The lowest BCUT2D eigenvalue weighted by molar-refractivity contribution is -0.135. The second kappa shape index (κ2) is 8.91. The topological polar surface area (TPSA) is 84.9 Å². The number of hydrogen-bond donors (Lipinski definition) is 1. The number of Topliss-reactive ketones (excluding diaryl/α,β-unsaturated/α-hetero) is 1. The molecule has 28 heavy (non-hydrogen) atoms. The van der Waals surface area contributed by atoms with Gasteiger partial charge in [-0.15, -0.1) is 0 Å². The second-order valence-corrected chi connectivity index (χ2v) is 7.19. The third-order valence-corrected chi connectivity index (χ3v) is 5.19. The fourth-order valence-electron chi connectivity index (χ4n) is 3.67. The van der Waals surface area contributed by atoms with Crippen LogP contribution in [0.15, 0.2) is 37.1 Å². The zero-order valence-corrected chi connectivity index (χ0v) is 15.9. The van der Waals surface area contributed by atoms with E-state index in [0.29, 0.717) is 50.3 Å². The molecule has 0 saturated carbocycles. The van der Waals surface area contributed by atoms with Crippen LogP contribution in [0.2, 0.25) is 0 Å². The maximum absolute atomic E-state index is 12.5. The van der Waals surface area contributed by atoms with Gasteiger partial charge in [-0.1, -0.05) is 18.7 Å². The molecule has 1 aromatic carbocycles. The Balaban J connectivity index is 1.56. The lowest BCUT2D eigenvalue weighted by atomic mass is 9.84. The number of ether oxygens (including phenoxy) is 2. The van der Waals surface area contributed by atoms with Crippen molar-refractivity contribution in [1.82, 2.24) is 10.2 Å². The fraction of sp³-hybridized carbons (Fsp3) is 0.476. The second-order valence-electron chi connectivity index (χ2n) is 7.19. The number of para-hydroxylation sites is 1. The molecule has 2 heterocycles. The molecule has 1 fully saturated rings. The Hall–Kier alpha value is -2.83. The fourth-order valence-corrected chi connectivity index (χ4v) is 3.67. The van der Waals surface area contributed by atoms with Gasteiger partial charge in [0.2, 0.25) is 11.8 Å². The van der Waals surface area contributed by atoms with Crippen LogP contribution >= 0.6 is 0 Å². The monoisotopic (exact) mass is 386 g/mol. The molecule has 2 amide bonds. The lowest BCUT2D eigenvalue weighted by Crippen LogP contribution is -2.44. The van der Waals surface area contributed by atoms with Gasteiger partial charge in [0.05, 0.1) is 31.4 Å². The zero-order valence-electron chi connectivity index (χ0n) is 15.9. The van der Waals surface area contributed by atoms with E-state index < -0.39 is 5.60 Å². The van der Waals surface area contributed by atoms with Gasteiger partial charge in [-0.25, -0.2) is 0 Å². The van der Waals surface area contributed by atoms with Gasteiger partial charge in [-0.2, -0.15) is 0 Å². The Morgan fingerprint density at radius 2 is 2.14 bits per heavy atom. The predicted molar refractivity (Wildman–Crippen MR) is 103 cm³/mol. The molecular weight excluding hydrogens is 360 g/mol. The maximum Gasteiger partial charge on any atom is 0.239 e. The molecule has 0 aromatic heterocycles. The summed E-state index contributed by atoms with van der Waals surface area (Å²) in [6.07, 6.45) is 3.56. The Morgan fingerprint density at radius 1 is 1.32 bits per heavy atom. The number of nitrogens with zero attached hydrogens (tertiary/aromatic N) is 1. The average molecular weight is 386 g/mol. The van der Waals surface area contributed by atoms with E-state index in [-0.39, 0.29) is 37.0 Å². The summed E-state index contributed by atoms with van der Waals surface area (Å²) in [6, 6.07) is 7.22. The zero-order chi connectivity index (χ0) is 20.0. The van der Waals surface area contributed by atoms with Gasteiger partial charge in [-0.3, -0.25) is 14.4 Å². The van der Waals surface area contributed by atoms with Crippen LogP contribution in [0.1, 0.15) is 42.5 Å². The van der Waals surface area contributed by atoms with E-state index in [1.165, 1.54) is 6.26 Å². The van der Waals surface area contributed by atoms with Crippen molar-refractivity contribution >= 4 is 17.6 Å². The summed E-state index contributed by atoms with van der Waals surface area (Å²) in [6.45, 7) is 4.83. The maximum atomic E-state index is 12.5. The van der Waals surface area contributed by atoms with E-state index >= 15 is 0 Å². The first-order valence-electron chi connectivity index (χ1n) is 9.61. The van der Waals surface area contributed by atoms with Crippen molar-refractivity contribution in [3.05, 3.63) is 42.7 Å². The molecule has 0 radical (unpaired) electrons. The average Bonchev–Trinajstić information content (AvgIpc) is 2.82. The van der Waals surface area contributed by atoms with E-state index in [4.69, 9.17) is 9.47 Å². The molecule has 1 N–H and O–H groups in total. The number of carbonyl (C=O) groups excluding carboxylic acids is 3. The van der Waals surface area contributed by atoms with Gasteiger partial charge in [0.15, 0.2) is 5.78 Å². The first kappa shape index (κ1) is 19.9. The first-order valence-corrected chi connectivity index (χ1v) is 9.61. The molecule has 1 unspecified atom stereocenters. The highest BCUT2D eigenvalue weighted by Crippen LogP contribution is 2.39. The summed E-state index contributed by atoms with van der Waals surface area (Å²) in [5.41, 5.74) is -0.0747. The van der Waals surface area contributed by atoms with E-state index in [1.54, 1.807) is 17.0 Å². The summed E-state index contributed by atoms with van der Waals surface area (Å²) in [5.74, 6) is 0.340. The van der Waals surface area contributed by atoms with Crippen molar-refractivity contribution in [2.24, 2.45) is 0 Å². The molecule has 150 valence electrons. The number of rotatable bonds is 7. The van der Waals surface area contributed by atoms with Crippen molar-refractivity contribution in [3.63, 3.8) is 0 Å². The van der Waals surface area contributed by atoms with Crippen molar-refractivity contribution in [1.29, 1.82) is 0 Å². The molecule has 0 aliphatic carbocycles. The molecule has 2 aliphatic heterocycles. The third-order valence-electron chi connectivity index (χ3n) is 5.19. The normalized spacial score (nSPS) is 21.5. The van der Waals surface area contributed by atoms with Crippen molar-refractivity contribution in [3.8, 4) is 5.75 Å². The van der Waals surface area contributed by atoms with Crippen LogP contribution in [0.3, 0.4) is 0 Å².